The SMILES string of the molecule is COc1cc(N2CCC(CNCc3ccc4c(c3)CN(C3CCC(=O)NC3=O)C4S)CC2)ccc1Nc1ncc(Cl)c(Nc2ccccc2P(C)(C)=O)n1. The van der Waals surface area contributed by atoms with Crippen LogP contribution < -0.4 is 36.2 Å². The third kappa shape index (κ3) is 8.56. The number of amides is 2. The number of anilines is 5. The van der Waals surface area contributed by atoms with Gasteiger partial charge in [0.2, 0.25) is 17.8 Å². The predicted octanol–water partition coefficient (Wildman–Crippen LogP) is 6.43. The van der Waals surface area contributed by atoms with Crippen LogP contribution in [0.5, 0.6) is 5.75 Å². The van der Waals surface area contributed by atoms with Crippen LogP contribution in [0.2, 0.25) is 5.02 Å². The first-order chi connectivity index (χ1) is 26.0. The van der Waals surface area contributed by atoms with Crippen molar-refractivity contribution >= 4 is 77.3 Å². The van der Waals surface area contributed by atoms with Crippen LogP contribution in [0.1, 0.15) is 47.7 Å². The molecular formula is C39H46ClN8O4PS. The minimum absolute atomic E-state index is 0.161. The van der Waals surface area contributed by atoms with Gasteiger partial charge in [0.25, 0.3) is 0 Å². The highest BCUT2D eigenvalue weighted by Gasteiger charge is 2.39. The molecule has 0 radical (unpaired) electrons. The lowest BCUT2D eigenvalue weighted by Gasteiger charge is -2.34. The van der Waals surface area contributed by atoms with E-state index in [2.05, 4.69) is 65.3 Å². The summed E-state index contributed by atoms with van der Waals surface area (Å²) in [5.74, 6) is 1.56. The van der Waals surface area contributed by atoms with Gasteiger partial charge in [-0.3, -0.25) is 19.8 Å². The van der Waals surface area contributed by atoms with Crippen molar-refractivity contribution in [3.63, 3.8) is 0 Å². The van der Waals surface area contributed by atoms with Gasteiger partial charge in [-0.15, -0.1) is 0 Å². The maximum Gasteiger partial charge on any atom is 0.243 e. The number of benzene rings is 3. The Hall–Kier alpha value is -4.13. The van der Waals surface area contributed by atoms with Crippen LogP contribution in [0.4, 0.5) is 28.8 Å². The van der Waals surface area contributed by atoms with Crippen LogP contribution in [0.25, 0.3) is 0 Å². The Kier molecular flexibility index (Phi) is 11.5. The average molecular weight is 789 g/mol. The molecule has 4 aromatic rings. The van der Waals surface area contributed by atoms with Gasteiger partial charge < -0.3 is 30.2 Å². The van der Waals surface area contributed by atoms with Crippen LogP contribution in [-0.2, 0) is 27.2 Å². The molecule has 3 aliphatic heterocycles. The van der Waals surface area contributed by atoms with Gasteiger partial charge in [-0.2, -0.15) is 17.6 Å². The van der Waals surface area contributed by atoms with E-state index in [4.69, 9.17) is 29.0 Å². The quantitative estimate of drug-likeness (QED) is 0.0617. The monoisotopic (exact) mass is 788 g/mol. The summed E-state index contributed by atoms with van der Waals surface area (Å²) in [4.78, 5) is 37.6. The molecule has 3 aliphatic rings. The standard InChI is InChI=1S/C39H46ClN8O4PS/c1-52-33-19-27(9-11-30(33)44-39-42-22-29(40)36(46-39)43-31-6-4-5-7-34(31)53(2,3)51)47-16-14-24(15-17-47)20-41-21-25-8-10-28-26(18-25)23-48(38(28)54)32-12-13-35(49)45-37(32)50/h4-11,18-19,22,24,32,38,41,54H,12-17,20-21,23H2,1-3H3,(H,45,49,50)(H2,42,43,44,46). The van der Waals surface area contributed by atoms with Crippen molar-refractivity contribution in [3.05, 3.63) is 88.6 Å². The maximum atomic E-state index is 12.9. The molecule has 0 saturated carbocycles. The Morgan fingerprint density at radius 3 is 2.57 bits per heavy atom. The van der Waals surface area contributed by atoms with Crippen LogP contribution in [-0.4, -0.2) is 72.8 Å². The van der Waals surface area contributed by atoms with Crippen molar-refractivity contribution in [1.82, 2.24) is 25.5 Å². The van der Waals surface area contributed by atoms with Crippen molar-refractivity contribution in [3.8, 4) is 5.75 Å². The van der Waals surface area contributed by atoms with Gasteiger partial charge in [0.15, 0.2) is 5.82 Å². The molecule has 0 aliphatic carbocycles. The molecule has 4 N–H and O–H groups in total. The molecular weight excluding hydrogens is 743 g/mol. The molecule has 7 rings (SSSR count). The number of methoxy groups -OCH3 is 1. The van der Waals surface area contributed by atoms with Crippen molar-refractivity contribution < 1.29 is 18.9 Å². The van der Waals surface area contributed by atoms with E-state index in [1.54, 1.807) is 20.4 Å². The first-order valence-electron chi connectivity index (χ1n) is 18.2. The lowest BCUT2D eigenvalue weighted by molar-refractivity contribution is -0.137. The Balaban J connectivity index is 0.909. The molecule has 12 nitrogen and oxygen atoms in total. The van der Waals surface area contributed by atoms with E-state index in [-0.39, 0.29) is 23.2 Å². The number of fused-ring (bicyclic) bond motifs is 1. The van der Waals surface area contributed by atoms with Gasteiger partial charge in [-0.1, -0.05) is 41.9 Å². The van der Waals surface area contributed by atoms with Gasteiger partial charge in [-0.25, -0.2) is 4.98 Å². The summed E-state index contributed by atoms with van der Waals surface area (Å²) in [6.45, 7) is 7.72. The molecule has 2 atom stereocenters. The molecule has 0 bridgehead atoms. The first-order valence-corrected chi connectivity index (χ1v) is 21.7. The lowest BCUT2D eigenvalue weighted by Crippen LogP contribution is -2.51. The maximum absolute atomic E-state index is 12.9. The van der Waals surface area contributed by atoms with Crippen molar-refractivity contribution in [2.24, 2.45) is 5.92 Å². The van der Waals surface area contributed by atoms with E-state index in [1.165, 1.54) is 17.3 Å². The number of para-hydroxylation sites is 1. The topological polar surface area (TPSA) is 141 Å². The largest absolute Gasteiger partial charge is 0.494 e. The van der Waals surface area contributed by atoms with Crippen molar-refractivity contribution in [1.29, 1.82) is 0 Å². The Labute approximate surface area is 326 Å². The van der Waals surface area contributed by atoms with Gasteiger partial charge in [0, 0.05) is 49.7 Å². The fraction of sp³-hybridized carbons (Fsp3) is 0.385. The number of ether oxygens (including phenoxy) is 1. The zero-order valence-electron chi connectivity index (χ0n) is 30.6. The molecule has 3 aromatic carbocycles. The van der Waals surface area contributed by atoms with Crippen LogP contribution in [0.15, 0.2) is 66.9 Å². The lowest BCUT2D eigenvalue weighted by atomic mass is 9.96. The highest BCUT2D eigenvalue weighted by Crippen LogP contribution is 2.41. The first kappa shape index (κ1) is 38.2. The molecule has 1 aromatic heterocycles. The second-order valence-electron chi connectivity index (χ2n) is 14.5. The molecule has 4 heterocycles. The van der Waals surface area contributed by atoms with Gasteiger partial charge in [0.05, 0.1) is 36.1 Å². The summed E-state index contributed by atoms with van der Waals surface area (Å²) in [6.07, 6.45) is 4.57. The molecule has 54 heavy (non-hydrogen) atoms. The number of rotatable bonds is 12. The van der Waals surface area contributed by atoms with E-state index in [1.807, 2.05) is 36.4 Å². The number of halogens is 1. The molecule has 284 valence electrons. The number of imide groups is 1. The number of hydrogen-bond donors (Lipinski definition) is 5. The van der Waals surface area contributed by atoms with Crippen molar-refractivity contribution in [2.45, 2.75) is 50.2 Å². The van der Waals surface area contributed by atoms with Gasteiger partial charge in [-0.05, 0) is 86.0 Å². The van der Waals surface area contributed by atoms with Crippen molar-refractivity contribution in [2.75, 3.05) is 55.6 Å². The third-order valence-corrected chi connectivity index (χ3v) is 12.8. The number of piperidine rings is 2. The molecule has 2 fully saturated rings. The van der Waals surface area contributed by atoms with Gasteiger partial charge in [0.1, 0.15) is 17.9 Å². The summed E-state index contributed by atoms with van der Waals surface area (Å²) < 4.78 is 18.7. The minimum Gasteiger partial charge on any atom is -0.494 e. The molecule has 2 unspecified atom stereocenters. The molecule has 2 amide bonds. The zero-order chi connectivity index (χ0) is 38.0. The van der Waals surface area contributed by atoms with Crippen LogP contribution in [0, 0.1) is 5.92 Å². The summed E-state index contributed by atoms with van der Waals surface area (Å²) in [5, 5.41) is 13.6. The Morgan fingerprint density at radius 1 is 1.02 bits per heavy atom. The number of carbonyl (C=O) groups is 2. The van der Waals surface area contributed by atoms with E-state index in [9.17, 15) is 14.2 Å². The zero-order valence-corrected chi connectivity index (χ0v) is 33.2. The van der Waals surface area contributed by atoms with E-state index < -0.39 is 7.14 Å². The smallest absolute Gasteiger partial charge is 0.243 e. The second-order valence-corrected chi connectivity index (χ2v) is 18.6. The average Bonchev–Trinajstić information content (AvgIpc) is 3.48. The summed E-state index contributed by atoms with van der Waals surface area (Å²) in [6, 6.07) is 19.7. The fourth-order valence-corrected chi connectivity index (χ4v) is 9.30. The summed E-state index contributed by atoms with van der Waals surface area (Å²) >= 11 is 11.3. The fourth-order valence-electron chi connectivity index (χ4n) is 7.51. The molecule has 15 heteroatoms. The highest BCUT2D eigenvalue weighted by molar-refractivity contribution is 7.80. The van der Waals surface area contributed by atoms with Gasteiger partial charge >= 0.3 is 0 Å². The second kappa shape index (κ2) is 16.3. The minimum atomic E-state index is -2.54. The summed E-state index contributed by atoms with van der Waals surface area (Å²) in [5.41, 5.74) is 6.03. The van der Waals surface area contributed by atoms with Crippen LogP contribution >= 0.6 is 31.4 Å². The molecule has 2 saturated heterocycles. The number of hydrogen-bond acceptors (Lipinski definition) is 12. The normalized spacial score (nSPS) is 19.4. The highest BCUT2D eigenvalue weighted by atomic mass is 35.5. The number of nitrogens with zero attached hydrogens (tertiary/aromatic N) is 4. The van der Waals surface area contributed by atoms with E-state index >= 15 is 0 Å². The predicted molar refractivity (Wildman–Crippen MR) is 219 cm³/mol. The molecule has 0 spiro atoms. The number of aromatic nitrogens is 2. The Morgan fingerprint density at radius 2 is 1.81 bits per heavy atom. The number of nitrogens with one attached hydrogen (secondary N) is 4. The number of carbonyl (C=O) groups excluding carboxylic acids is 2. The Bertz CT molecular complexity index is 2090. The van der Waals surface area contributed by atoms with E-state index in [0.29, 0.717) is 53.5 Å². The van der Waals surface area contributed by atoms with E-state index in [0.717, 1.165) is 61.3 Å². The number of thiol groups is 1. The third-order valence-electron chi connectivity index (χ3n) is 10.4. The summed E-state index contributed by atoms with van der Waals surface area (Å²) in [7, 11) is -0.893. The van der Waals surface area contributed by atoms with Crippen LogP contribution in [0.3, 0.4) is 0 Å².